The Morgan fingerprint density at radius 2 is 1.97 bits per heavy atom. The summed E-state index contributed by atoms with van der Waals surface area (Å²) in [5.74, 6) is 0.205. The zero-order valence-electron chi connectivity index (χ0n) is 19.0. The molecule has 1 amide bonds. The van der Waals surface area contributed by atoms with Crippen molar-refractivity contribution in [3.63, 3.8) is 0 Å². The van der Waals surface area contributed by atoms with Crippen molar-refractivity contribution in [1.29, 1.82) is 0 Å². The number of amides is 1. The number of ether oxygens (including phenoxy) is 1. The van der Waals surface area contributed by atoms with E-state index in [1.807, 2.05) is 42.0 Å². The quantitative estimate of drug-likeness (QED) is 0.565. The second-order valence-electron chi connectivity index (χ2n) is 8.36. The van der Waals surface area contributed by atoms with Crippen molar-refractivity contribution in [1.82, 2.24) is 14.5 Å². The number of halogens is 1. The Balaban J connectivity index is 1.63. The molecule has 0 unspecified atom stereocenters. The Kier molecular flexibility index (Phi) is 6.60. The lowest BCUT2D eigenvalue weighted by Crippen LogP contribution is -2.43. The van der Waals surface area contributed by atoms with E-state index in [9.17, 15) is 14.3 Å². The summed E-state index contributed by atoms with van der Waals surface area (Å²) in [6.07, 6.45) is 6.17. The van der Waals surface area contributed by atoms with E-state index >= 15 is 0 Å². The first kappa shape index (κ1) is 22.7. The topological polar surface area (TPSA) is 67.6 Å². The molecule has 1 aromatic heterocycles. The van der Waals surface area contributed by atoms with Crippen molar-refractivity contribution >= 4 is 12.0 Å². The molecule has 0 saturated carbocycles. The van der Waals surface area contributed by atoms with E-state index in [0.717, 1.165) is 23.4 Å². The predicted molar refractivity (Wildman–Crippen MR) is 125 cm³/mol. The van der Waals surface area contributed by atoms with E-state index in [1.54, 1.807) is 37.4 Å². The van der Waals surface area contributed by atoms with Gasteiger partial charge in [0.1, 0.15) is 11.6 Å². The number of aliphatic hydroxyl groups is 1. The lowest BCUT2D eigenvalue weighted by atomic mass is 9.94. The van der Waals surface area contributed by atoms with Crippen LogP contribution in [-0.2, 0) is 4.79 Å². The van der Waals surface area contributed by atoms with Crippen LogP contribution in [0.1, 0.15) is 42.6 Å². The second-order valence-corrected chi connectivity index (χ2v) is 8.36. The number of benzene rings is 2. The number of carbonyl (C=O) groups excluding carboxylic acids is 1. The fourth-order valence-electron chi connectivity index (χ4n) is 4.36. The Morgan fingerprint density at radius 1 is 1.21 bits per heavy atom. The van der Waals surface area contributed by atoms with Gasteiger partial charge in [-0.2, -0.15) is 0 Å². The molecule has 0 spiro atoms. The number of piperidine rings is 1. The summed E-state index contributed by atoms with van der Waals surface area (Å²) in [5.41, 5.74) is 4.00. The number of rotatable bonds is 6. The molecule has 0 bridgehead atoms. The van der Waals surface area contributed by atoms with Gasteiger partial charge in [-0.3, -0.25) is 4.79 Å². The van der Waals surface area contributed by atoms with Crippen molar-refractivity contribution in [3.8, 4) is 11.4 Å². The number of aliphatic hydroxyl groups excluding tert-OH is 1. The van der Waals surface area contributed by atoms with Gasteiger partial charge in [-0.15, -0.1) is 0 Å². The zero-order chi connectivity index (χ0) is 23.5. The minimum atomic E-state index is -0.795. The Bertz CT molecular complexity index is 1170. The number of nitrogens with zero attached hydrogens (tertiary/aromatic N) is 3. The predicted octanol–water partition coefficient (Wildman–Crippen LogP) is 4.46. The van der Waals surface area contributed by atoms with E-state index in [-0.39, 0.29) is 11.7 Å². The summed E-state index contributed by atoms with van der Waals surface area (Å²) in [4.78, 5) is 19.3. The molecule has 4 rings (SSSR count). The van der Waals surface area contributed by atoms with Gasteiger partial charge >= 0.3 is 0 Å². The molecule has 2 aromatic carbocycles. The van der Waals surface area contributed by atoms with E-state index < -0.39 is 12.1 Å². The van der Waals surface area contributed by atoms with Gasteiger partial charge in [-0.05, 0) is 68.2 Å². The number of imidazole rings is 1. The first-order valence-electron chi connectivity index (χ1n) is 11.0. The average Bonchev–Trinajstić information content (AvgIpc) is 3.23. The van der Waals surface area contributed by atoms with Crippen LogP contribution in [-0.4, -0.2) is 45.2 Å². The molecule has 7 heteroatoms. The van der Waals surface area contributed by atoms with Gasteiger partial charge < -0.3 is 19.3 Å². The fraction of sp³-hybridized carbons (Fsp3) is 0.308. The summed E-state index contributed by atoms with van der Waals surface area (Å²) in [5, 5.41) is 10.5. The van der Waals surface area contributed by atoms with Crippen LogP contribution in [0.4, 0.5) is 4.39 Å². The molecule has 2 heterocycles. The molecular formula is C26H28FN3O3. The maximum Gasteiger partial charge on any atom is 0.250 e. The fourth-order valence-corrected chi connectivity index (χ4v) is 4.36. The van der Waals surface area contributed by atoms with Crippen LogP contribution in [0.2, 0.25) is 0 Å². The van der Waals surface area contributed by atoms with E-state index in [0.29, 0.717) is 29.9 Å². The van der Waals surface area contributed by atoms with Gasteiger partial charge in [-0.25, -0.2) is 9.37 Å². The lowest BCUT2D eigenvalue weighted by molar-refractivity contribution is -0.133. The SMILES string of the molecule is COc1cc(/C=C2\CCCN([C@H](c3ccc(F)cc3)[C@@H](C)O)C2=O)ccc1-n1cnc(C)c1. The normalized spacial score (nSPS) is 17.3. The molecule has 0 radical (unpaired) electrons. The maximum atomic E-state index is 13.4. The highest BCUT2D eigenvalue weighted by Crippen LogP contribution is 2.32. The van der Waals surface area contributed by atoms with Gasteiger partial charge in [0.2, 0.25) is 5.91 Å². The molecule has 1 aliphatic heterocycles. The van der Waals surface area contributed by atoms with Crippen LogP contribution >= 0.6 is 0 Å². The maximum absolute atomic E-state index is 13.4. The van der Waals surface area contributed by atoms with Gasteiger partial charge in [0.05, 0.1) is 37.0 Å². The highest BCUT2D eigenvalue weighted by atomic mass is 19.1. The number of methoxy groups -OCH3 is 1. The molecule has 1 aliphatic rings. The highest BCUT2D eigenvalue weighted by molar-refractivity contribution is 5.99. The molecule has 6 nitrogen and oxygen atoms in total. The first-order chi connectivity index (χ1) is 15.9. The molecule has 1 N–H and O–H groups in total. The summed E-state index contributed by atoms with van der Waals surface area (Å²) >= 11 is 0. The van der Waals surface area contributed by atoms with Crippen LogP contribution in [0, 0.1) is 12.7 Å². The van der Waals surface area contributed by atoms with E-state index in [1.165, 1.54) is 12.1 Å². The van der Waals surface area contributed by atoms with Crippen LogP contribution in [0.25, 0.3) is 11.8 Å². The molecule has 3 aromatic rings. The van der Waals surface area contributed by atoms with Crippen LogP contribution in [0.5, 0.6) is 5.75 Å². The van der Waals surface area contributed by atoms with Crippen molar-refractivity contribution in [3.05, 3.63) is 83.2 Å². The molecular weight excluding hydrogens is 421 g/mol. The molecule has 0 aliphatic carbocycles. The number of carbonyl (C=O) groups is 1. The van der Waals surface area contributed by atoms with Gasteiger partial charge in [-0.1, -0.05) is 18.2 Å². The monoisotopic (exact) mass is 449 g/mol. The minimum Gasteiger partial charge on any atom is -0.495 e. The Morgan fingerprint density at radius 3 is 2.61 bits per heavy atom. The molecule has 2 atom stereocenters. The van der Waals surface area contributed by atoms with Crippen molar-refractivity contribution in [2.45, 2.75) is 38.8 Å². The summed E-state index contributed by atoms with van der Waals surface area (Å²) in [7, 11) is 1.61. The molecule has 33 heavy (non-hydrogen) atoms. The average molecular weight is 450 g/mol. The third-order valence-corrected chi connectivity index (χ3v) is 5.92. The first-order valence-corrected chi connectivity index (χ1v) is 11.0. The van der Waals surface area contributed by atoms with E-state index in [2.05, 4.69) is 4.98 Å². The molecule has 1 saturated heterocycles. The zero-order valence-corrected chi connectivity index (χ0v) is 19.0. The van der Waals surface area contributed by atoms with Crippen molar-refractivity contribution in [2.24, 2.45) is 0 Å². The number of aryl methyl sites for hydroxylation is 1. The summed E-state index contributed by atoms with van der Waals surface area (Å²) in [6.45, 7) is 4.11. The van der Waals surface area contributed by atoms with Gasteiger partial charge in [0.25, 0.3) is 0 Å². The Hall–Kier alpha value is -3.45. The number of aromatic nitrogens is 2. The molecule has 172 valence electrons. The van der Waals surface area contributed by atoms with Crippen LogP contribution in [0.15, 0.2) is 60.6 Å². The van der Waals surface area contributed by atoms with Crippen LogP contribution < -0.4 is 4.74 Å². The minimum absolute atomic E-state index is 0.121. The smallest absolute Gasteiger partial charge is 0.250 e. The third kappa shape index (κ3) is 4.83. The number of hydrogen-bond acceptors (Lipinski definition) is 4. The number of hydrogen-bond donors (Lipinski definition) is 1. The third-order valence-electron chi connectivity index (χ3n) is 5.92. The van der Waals surface area contributed by atoms with E-state index in [4.69, 9.17) is 4.74 Å². The lowest BCUT2D eigenvalue weighted by Gasteiger charge is -2.37. The number of likely N-dealkylation sites (tertiary alicyclic amines) is 1. The standard InChI is InChI=1S/C26H28FN3O3/c1-17-15-29(16-28-17)23-11-6-19(14-24(23)33-3)13-21-5-4-12-30(26(21)32)25(18(2)31)20-7-9-22(27)10-8-20/h6-11,13-16,18,25,31H,4-5,12H2,1-3H3/b21-13+/t18-,25+/m1/s1. The van der Waals surface area contributed by atoms with Crippen molar-refractivity contribution < 1.29 is 19.0 Å². The van der Waals surface area contributed by atoms with Crippen molar-refractivity contribution in [2.75, 3.05) is 13.7 Å². The highest BCUT2D eigenvalue weighted by Gasteiger charge is 2.33. The summed E-state index contributed by atoms with van der Waals surface area (Å²) < 4.78 is 20.9. The second kappa shape index (κ2) is 9.58. The largest absolute Gasteiger partial charge is 0.495 e. The van der Waals surface area contributed by atoms with Gasteiger partial charge in [0.15, 0.2) is 0 Å². The summed E-state index contributed by atoms with van der Waals surface area (Å²) in [6, 6.07) is 11.2. The van der Waals surface area contributed by atoms with Gasteiger partial charge in [0, 0.05) is 18.3 Å². The Labute approximate surface area is 192 Å². The van der Waals surface area contributed by atoms with Crippen LogP contribution in [0.3, 0.4) is 0 Å². The molecule has 1 fully saturated rings.